The number of aryl methyl sites for hydroxylation is 1. The van der Waals surface area contributed by atoms with Gasteiger partial charge in [0.05, 0.1) is 0 Å². The van der Waals surface area contributed by atoms with Crippen molar-refractivity contribution in [2.45, 2.75) is 18.2 Å². The molecule has 0 aliphatic carbocycles. The van der Waals surface area contributed by atoms with Gasteiger partial charge in [0.2, 0.25) is 11.3 Å². The van der Waals surface area contributed by atoms with Gasteiger partial charge in [-0.2, -0.15) is 8.84 Å². The molecule has 0 spiro atoms. The summed E-state index contributed by atoms with van der Waals surface area (Å²) in [6.07, 6.45) is 0. The van der Waals surface area contributed by atoms with E-state index in [4.69, 9.17) is 35.3 Å². The summed E-state index contributed by atoms with van der Waals surface area (Å²) in [5.41, 5.74) is -1.06. The Hall–Kier alpha value is -2.15. The maximum Gasteiger partial charge on any atom is 0.354 e. The van der Waals surface area contributed by atoms with Crippen LogP contribution < -0.4 is 0 Å². The molecule has 2 fully saturated rings. The topological polar surface area (TPSA) is 47.1 Å². The normalized spacial score (nSPS) is 27.6. The smallest absolute Gasteiger partial charge is 0.294 e. The lowest BCUT2D eigenvalue weighted by Gasteiger charge is -2.45. The number of benzene rings is 2. The summed E-state index contributed by atoms with van der Waals surface area (Å²) in [6, 6.07) is 15.1. The number of halogens is 3. The second-order valence-electron chi connectivity index (χ2n) is 6.49. The third-order valence-corrected chi connectivity index (χ3v) is 6.48. The minimum absolute atomic E-state index is 0.535. The van der Waals surface area contributed by atoms with E-state index in [0.717, 1.165) is 18.8 Å². The van der Waals surface area contributed by atoms with E-state index < -0.39 is 23.4 Å². The molecule has 2 aliphatic rings. The first kappa shape index (κ1) is 18.2. The quantitative estimate of drug-likeness (QED) is 0.662. The number of hydrogen-bond donors (Lipinski definition) is 0. The molecule has 6 nitrogen and oxygen atoms in total. The fourth-order valence-corrected chi connectivity index (χ4v) is 5.40. The minimum atomic E-state index is -1.59. The molecule has 4 rings (SSSR count). The monoisotopic (exact) mass is 424 g/mol. The van der Waals surface area contributed by atoms with Gasteiger partial charge in [0.15, 0.2) is 0 Å². The summed E-state index contributed by atoms with van der Waals surface area (Å²) in [4.78, 5) is 27.3. The van der Waals surface area contributed by atoms with Gasteiger partial charge in [-0.25, -0.2) is 14.0 Å². The zero-order valence-corrected chi connectivity index (χ0v) is 16.7. The number of likely N-dealkylation sites (N-methyl/N-ethyl adjacent to an activating group) is 1. The molecule has 140 valence electrons. The van der Waals surface area contributed by atoms with Crippen LogP contribution in [0.1, 0.15) is 16.7 Å². The van der Waals surface area contributed by atoms with E-state index in [1.807, 2.05) is 37.3 Å². The van der Waals surface area contributed by atoms with Crippen LogP contribution in [0.25, 0.3) is 0 Å². The van der Waals surface area contributed by atoms with E-state index in [-0.39, 0.29) is 0 Å². The highest BCUT2D eigenvalue weighted by atomic mass is 35.5. The van der Waals surface area contributed by atoms with Crippen LogP contribution >= 0.6 is 35.3 Å². The molecular formula is C18H15Cl3N4O2. The summed E-state index contributed by atoms with van der Waals surface area (Å²) in [5, 5.41) is 0. The summed E-state index contributed by atoms with van der Waals surface area (Å²) in [5.74, 6) is 0. The number of nitrogens with zero attached hydrogens (tertiary/aromatic N) is 4. The maximum atomic E-state index is 13.0. The molecule has 27 heavy (non-hydrogen) atoms. The Balaban J connectivity index is 2.19. The highest BCUT2D eigenvalue weighted by molar-refractivity contribution is 6.32. The predicted octanol–water partition coefficient (Wildman–Crippen LogP) is 4.57. The van der Waals surface area contributed by atoms with Gasteiger partial charge >= 0.3 is 12.1 Å². The molecule has 0 bridgehead atoms. The van der Waals surface area contributed by atoms with Crippen molar-refractivity contribution in [1.29, 1.82) is 0 Å². The predicted molar refractivity (Wildman–Crippen MR) is 103 cm³/mol. The van der Waals surface area contributed by atoms with Crippen molar-refractivity contribution in [3.63, 3.8) is 0 Å². The molecule has 0 N–H and O–H groups in total. The Morgan fingerprint density at radius 1 is 0.741 bits per heavy atom. The van der Waals surface area contributed by atoms with Crippen LogP contribution in [0.15, 0.2) is 54.6 Å². The minimum Gasteiger partial charge on any atom is -0.294 e. The molecular weight excluding hydrogens is 411 g/mol. The Bertz CT molecular complexity index is 911. The van der Waals surface area contributed by atoms with Gasteiger partial charge in [0, 0.05) is 53.5 Å². The Morgan fingerprint density at radius 2 is 1.26 bits per heavy atom. The summed E-state index contributed by atoms with van der Waals surface area (Å²) in [6.45, 7) is 1.88. The summed E-state index contributed by atoms with van der Waals surface area (Å²) in [7, 11) is 1.55. The van der Waals surface area contributed by atoms with Crippen molar-refractivity contribution in [2.24, 2.45) is 0 Å². The molecule has 0 radical (unpaired) electrons. The van der Waals surface area contributed by atoms with E-state index >= 15 is 0 Å². The lowest BCUT2D eigenvalue weighted by Crippen LogP contribution is -2.59. The molecule has 2 heterocycles. The Morgan fingerprint density at radius 3 is 1.89 bits per heavy atom. The van der Waals surface area contributed by atoms with Crippen LogP contribution in [-0.2, 0) is 11.3 Å². The van der Waals surface area contributed by atoms with Gasteiger partial charge in [0.25, 0.3) is 0 Å². The average Bonchev–Trinajstić information content (AvgIpc) is 2.97. The SMILES string of the molecule is Cc1ccccc1C12N(C)C(=O)N(Cl)C1(c1ccccc1)N(Cl)C(=O)N2Cl. The lowest BCUT2D eigenvalue weighted by molar-refractivity contribution is 0.00579. The fraction of sp³-hybridized carbons (Fsp3) is 0.222. The molecule has 2 saturated heterocycles. The zero-order valence-electron chi connectivity index (χ0n) is 14.4. The molecule has 2 aromatic rings. The first-order chi connectivity index (χ1) is 12.8. The Kier molecular flexibility index (Phi) is 4.00. The first-order valence-corrected chi connectivity index (χ1v) is 9.15. The molecule has 2 aliphatic heterocycles. The van der Waals surface area contributed by atoms with Crippen LogP contribution in [0.5, 0.6) is 0 Å². The standard InChI is InChI=1S/C18H15Cl3N4O2/c1-12-8-6-7-11-14(12)18-17(13-9-4-3-5-10-13,23(19)15(26)22(18)2)24(20)16(27)25(18)21/h3-11H,1-2H3. The van der Waals surface area contributed by atoms with Crippen molar-refractivity contribution < 1.29 is 9.59 Å². The molecule has 2 unspecified atom stereocenters. The molecule has 2 aromatic carbocycles. The number of carbonyl (C=O) groups excluding carboxylic acids is 2. The molecule has 9 heteroatoms. The van der Waals surface area contributed by atoms with Crippen LogP contribution in [0.3, 0.4) is 0 Å². The van der Waals surface area contributed by atoms with E-state index in [9.17, 15) is 9.59 Å². The van der Waals surface area contributed by atoms with Crippen LogP contribution in [0.2, 0.25) is 0 Å². The summed E-state index contributed by atoms with van der Waals surface area (Å²) < 4.78 is 2.80. The maximum absolute atomic E-state index is 13.0. The van der Waals surface area contributed by atoms with E-state index in [1.54, 1.807) is 31.3 Å². The van der Waals surface area contributed by atoms with Crippen molar-refractivity contribution in [2.75, 3.05) is 7.05 Å². The number of hydrogen-bond acceptors (Lipinski definition) is 2. The first-order valence-electron chi connectivity index (χ1n) is 8.14. The second-order valence-corrected chi connectivity index (χ2v) is 7.51. The van der Waals surface area contributed by atoms with Gasteiger partial charge in [-0.15, -0.1) is 0 Å². The number of amides is 4. The molecule has 0 aromatic heterocycles. The Labute approximate surface area is 171 Å². The van der Waals surface area contributed by atoms with Crippen molar-refractivity contribution in [3.05, 3.63) is 71.3 Å². The van der Waals surface area contributed by atoms with Gasteiger partial charge in [-0.3, -0.25) is 4.90 Å². The third-order valence-electron chi connectivity index (χ3n) is 5.31. The van der Waals surface area contributed by atoms with Crippen molar-refractivity contribution >= 4 is 47.4 Å². The average molecular weight is 426 g/mol. The molecule has 2 atom stereocenters. The highest BCUT2D eigenvalue weighted by Crippen LogP contribution is 2.63. The van der Waals surface area contributed by atoms with Gasteiger partial charge in [0.1, 0.15) is 0 Å². The van der Waals surface area contributed by atoms with E-state index in [1.165, 1.54) is 4.90 Å². The van der Waals surface area contributed by atoms with E-state index in [0.29, 0.717) is 11.1 Å². The molecule has 4 amide bonds. The molecule has 0 saturated carbocycles. The number of fused-ring (bicyclic) bond motifs is 1. The second kappa shape index (κ2) is 5.92. The fourth-order valence-electron chi connectivity index (χ4n) is 4.15. The third kappa shape index (κ3) is 1.88. The van der Waals surface area contributed by atoms with Crippen LogP contribution in [0, 0.1) is 6.92 Å². The van der Waals surface area contributed by atoms with Gasteiger partial charge < -0.3 is 0 Å². The lowest BCUT2D eigenvalue weighted by atomic mass is 9.80. The number of rotatable bonds is 2. The van der Waals surface area contributed by atoms with E-state index in [2.05, 4.69) is 0 Å². The highest BCUT2D eigenvalue weighted by Gasteiger charge is 2.80. The summed E-state index contributed by atoms with van der Waals surface area (Å²) >= 11 is 19.6. The van der Waals surface area contributed by atoms with Crippen molar-refractivity contribution in [3.8, 4) is 0 Å². The number of urea groups is 2. The van der Waals surface area contributed by atoms with Crippen molar-refractivity contribution in [1.82, 2.24) is 18.2 Å². The van der Waals surface area contributed by atoms with Crippen LogP contribution in [0.4, 0.5) is 9.59 Å². The van der Waals surface area contributed by atoms with Crippen LogP contribution in [-0.4, -0.2) is 37.3 Å². The zero-order chi connectivity index (χ0) is 19.6. The van der Waals surface area contributed by atoms with Gasteiger partial charge in [-0.05, 0) is 12.5 Å². The largest absolute Gasteiger partial charge is 0.354 e. The van der Waals surface area contributed by atoms with Gasteiger partial charge in [-0.1, -0.05) is 54.6 Å². The number of carbonyl (C=O) groups is 2.